The summed E-state index contributed by atoms with van der Waals surface area (Å²) in [6.45, 7) is 3.93. The van der Waals surface area contributed by atoms with Crippen LogP contribution >= 0.6 is 0 Å². The smallest absolute Gasteiger partial charge is 0.0732 e. The number of ether oxygens (including phenoxy) is 1. The maximum atomic E-state index is 5.93. The minimum absolute atomic E-state index is 0.433. The fourth-order valence-corrected chi connectivity index (χ4v) is 3.35. The largest absolute Gasteiger partial charge is 0.376 e. The van der Waals surface area contributed by atoms with Crippen molar-refractivity contribution in [2.24, 2.45) is 11.3 Å². The molecule has 0 aromatic carbocycles. The average Bonchev–Trinajstić information content (AvgIpc) is 2.89. The molecule has 3 rings (SSSR count). The van der Waals surface area contributed by atoms with Crippen LogP contribution in [0.3, 0.4) is 0 Å². The molecule has 3 heteroatoms. The molecule has 1 aromatic rings. The zero-order valence-corrected chi connectivity index (χ0v) is 10.2. The van der Waals surface area contributed by atoms with Gasteiger partial charge in [-0.3, -0.25) is 4.98 Å². The fourth-order valence-electron chi connectivity index (χ4n) is 3.35. The second-order valence-electron chi connectivity index (χ2n) is 5.44. The number of aromatic nitrogens is 1. The Hall–Kier alpha value is -0.930. The van der Waals surface area contributed by atoms with Crippen LogP contribution in [0.4, 0.5) is 0 Å². The van der Waals surface area contributed by atoms with Crippen molar-refractivity contribution in [2.75, 3.05) is 19.7 Å². The highest BCUT2D eigenvalue weighted by Crippen LogP contribution is 2.45. The van der Waals surface area contributed by atoms with E-state index < -0.39 is 0 Å². The van der Waals surface area contributed by atoms with Gasteiger partial charge in [-0.25, -0.2) is 0 Å². The summed E-state index contributed by atoms with van der Waals surface area (Å²) in [6.07, 6.45) is 7.77. The Kier molecular flexibility index (Phi) is 3.12. The lowest BCUT2D eigenvalue weighted by atomic mass is 9.82. The van der Waals surface area contributed by atoms with Crippen molar-refractivity contribution in [3.8, 4) is 0 Å². The first-order valence-electron chi connectivity index (χ1n) is 6.56. The van der Waals surface area contributed by atoms with Crippen LogP contribution in [-0.4, -0.2) is 24.7 Å². The van der Waals surface area contributed by atoms with E-state index in [0.717, 1.165) is 19.1 Å². The van der Waals surface area contributed by atoms with Gasteiger partial charge in [0.15, 0.2) is 0 Å². The molecule has 1 saturated carbocycles. The lowest BCUT2D eigenvalue weighted by molar-refractivity contribution is 0.0308. The van der Waals surface area contributed by atoms with Gasteiger partial charge in [0, 0.05) is 24.4 Å². The first kappa shape index (κ1) is 11.2. The minimum atomic E-state index is 0.433. The molecule has 2 aliphatic rings. The van der Waals surface area contributed by atoms with E-state index in [1.165, 1.54) is 31.4 Å². The summed E-state index contributed by atoms with van der Waals surface area (Å²) in [7, 11) is 0. The van der Waals surface area contributed by atoms with E-state index in [9.17, 15) is 0 Å². The van der Waals surface area contributed by atoms with Gasteiger partial charge in [-0.2, -0.15) is 0 Å². The topological polar surface area (TPSA) is 34.1 Å². The first-order chi connectivity index (χ1) is 8.39. The molecule has 0 radical (unpaired) electrons. The third kappa shape index (κ3) is 2.22. The molecule has 1 aliphatic carbocycles. The van der Waals surface area contributed by atoms with Crippen molar-refractivity contribution in [3.05, 3.63) is 30.1 Å². The number of nitrogens with zero attached hydrogens (tertiary/aromatic N) is 1. The Morgan fingerprint density at radius 3 is 3.41 bits per heavy atom. The monoisotopic (exact) mass is 232 g/mol. The van der Waals surface area contributed by atoms with E-state index in [0.29, 0.717) is 12.0 Å². The van der Waals surface area contributed by atoms with Crippen LogP contribution in [-0.2, 0) is 11.3 Å². The van der Waals surface area contributed by atoms with Crippen LogP contribution in [0.5, 0.6) is 0 Å². The van der Waals surface area contributed by atoms with Crippen LogP contribution < -0.4 is 5.32 Å². The van der Waals surface area contributed by atoms with Gasteiger partial charge < -0.3 is 10.1 Å². The van der Waals surface area contributed by atoms with E-state index in [-0.39, 0.29) is 0 Å². The van der Waals surface area contributed by atoms with Crippen molar-refractivity contribution >= 4 is 0 Å². The summed E-state index contributed by atoms with van der Waals surface area (Å²) >= 11 is 0. The molecular weight excluding hydrogens is 212 g/mol. The average molecular weight is 232 g/mol. The molecule has 17 heavy (non-hydrogen) atoms. The second-order valence-corrected chi connectivity index (χ2v) is 5.44. The van der Waals surface area contributed by atoms with Gasteiger partial charge in [0.05, 0.1) is 13.2 Å². The van der Waals surface area contributed by atoms with Gasteiger partial charge in [0.2, 0.25) is 0 Å². The number of hydrogen-bond acceptors (Lipinski definition) is 3. The summed E-state index contributed by atoms with van der Waals surface area (Å²) in [5.41, 5.74) is 1.60. The van der Waals surface area contributed by atoms with Crippen molar-refractivity contribution < 1.29 is 4.74 Å². The Morgan fingerprint density at radius 1 is 1.53 bits per heavy atom. The minimum Gasteiger partial charge on any atom is -0.376 e. The van der Waals surface area contributed by atoms with E-state index in [2.05, 4.69) is 16.4 Å². The Labute approximate surface area is 103 Å². The third-order valence-corrected chi connectivity index (χ3v) is 4.34. The van der Waals surface area contributed by atoms with Gasteiger partial charge >= 0.3 is 0 Å². The molecule has 2 fully saturated rings. The molecule has 92 valence electrons. The van der Waals surface area contributed by atoms with Gasteiger partial charge in [0.25, 0.3) is 0 Å². The maximum absolute atomic E-state index is 5.93. The van der Waals surface area contributed by atoms with Gasteiger partial charge in [-0.05, 0) is 36.9 Å². The number of rotatable bonds is 4. The fraction of sp³-hybridized carbons (Fsp3) is 0.643. The Bertz CT molecular complexity index is 356. The Morgan fingerprint density at radius 2 is 2.53 bits per heavy atom. The number of hydrogen-bond donors (Lipinski definition) is 1. The normalized spacial score (nSPS) is 31.6. The summed E-state index contributed by atoms with van der Waals surface area (Å²) < 4.78 is 5.93. The molecule has 0 spiro atoms. The SMILES string of the molecule is c1cncc(COC[C@@]23CCC[C@@H]2CNC3)c1. The highest BCUT2D eigenvalue weighted by molar-refractivity contribution is 5.07. The number of pyridine rings is 1. The summed E-state index contributed by atoms with van der Waals surface area (Å²) in [6, 6.07) is 4.04. The van der Waals surface area contributed by atoms with Crippen LogP contribution in [0.15, 0.2) is 24.5 Å². The van der Waals surface area contributed by atoms with Crippen molar-refractivity contribution in [3.63, 3.8) is 0 Å². The Balaban J connectivity index is 1.54. The highest BCUT2D eigenvalue weighted by Gasteiger charge is 2.46. The molecule has 0 unspecified atom stereocenters. The zero-order chi connectivity index (χ0) is 11.6. The van der Waals surface area contributed by atoms with Crippen LogP contribution in [0.1, 0.15) is 24.8 Å². The van der Waals surface area contributed by atoms with Crippen molar-refractivity contribution in [1.29, 1.82) is 0 Å². The van der Waals surface area contributed by atoms with Crippen LogP contribution in [0.2, 0.25) is 0 Å². The second kappa shape index (κ2) is 4.75. The van der Waals surface area contributed by atoms with Crippen LogP contribution in [0, 0.1) is 11.3 Å². The predicted octanol–water partition coefficient (Wildman–Crippen LogP) is 1.99. The molecule has 2 heterocycles. The number of fused-ring (bicyclic) bond motifs is 1. The molecule has 1 aromatic heterocycles. The molecule has 2 atom stereocenters. The van der Waals surface area contributed by atoms with Crippen molar-refractivity contribution in [2.45, 2.75) is 25.9 Å². The molecule has 0 amide bonds. The van der Waals surface area contributed by atoms with Gasteiger partial charge in [0.1, 0.15) is 0 Å². The summed E-state index contributed by atoms with van der Waals surface area (Å²) in [5.74, 6) is 0.844. The molecule has 1 saturated heterocycles. The zero-order valence-electron chi connectivity index (χ0n) is 10.2. The third-order valence-electron chi connectivity index (χ3n) is 4.34. The first-order valence-corrected chi connectivity index (χ1v) is 6.56. The highest BCUT2D eigenvalue weighted by atomic mass is 16.5. The molecule has 1 N–H and O–H groups in total. The molecule has 3 nitrogen and oxygen atoms in total. The van der Waals surface area contributed by atoms with E-state index in [1.54, 1.807) is 6.20 Å². The number of nitrogens with one attached hydrogen (secondary N) is 1. The van der Waals surface area contributed by atoms with E-state index >= 15 is 0 Å². The molecule has 1 aliphatic heterocycles. The predicted molar refractivity (Wildman–Crippen MR) is 66.5 cm³/mol. The maximum Gasteiger partial charge on any atom is 0.0732 e. The lowest BCUT2D eigenvalue weighted by Crippen LogP contribution is -2.31. The van der Waals surface area contributed by atoms with Gasteiger partial charge in [-0.15, -0.1) is 0 Å². The van der Waals surface area contributed by atoms with E-state index in [1.807, 2.05) is 12.3 Å². The summed E-state index contributed by atoms with van der Waals surface area (Å²) in [4.78, 5) is 4.11. The lowest BCUT2D eigenvalue weighted by Gasteiger charge is -2.27. The van der Waals surface area contributed by atoms with E-state index in [4.69, 9.17) is 4.74 Å². The standard InChI is InChI=1S/C14H20N2O/c1-4-13-8-16-10-14(13,5-1)11-17-9-12-3-2-6-15-7-12/h2-3,6-7,13,16H,1,4-5,8-11H2/t13-,14+/m1/s1. The summed E-state index contributed by atoms with van der Waals surface area (Å²) in [5, 5.41) is 3.52. The quantitative estimate of drug-likeness (QED) is 0.862. The van der Waals surface area contributed by atoms with Crippen LogP contribution in [0.25, 0.3) is 0 Å². The van der Waals surface area contributed by atoms with Gasteiger partial charge in [-0.1, -0.05) is 12.5 Å². The van der Waals surface area contributed by atoms with Crippen molar-refractivity contribution in [1.82, 2.24) is 10.3 Å². The molecule has 0 bridgehead atoms. The molecular formula is C14H20N2O.